The summed E-state index contributed by atoms with van der Waals surface area (Å²) in [6.07, 6.45) is -0.479. The van der Waals surface area contributed by atoms with Crippen LogP contribution >= 0.6 is 11.6 Å². The fraction of sp³-hybridized carbons (Fsp3) is 0.222. The molecule has 6 heteroatoms. The molecule has 0 spiro atoms. The predicted molar refractivity (Wildman–Crippen MR) is 93.8 cm³/mol. The van der Waals surface area contributed by atoms with Crippen LogP contribution in [0, 0.1) is 6.92 Å². The molecule has 1 unspecified atom stereocenters. The SMILES string of the molecule is Cc1cccc(NC(=O)C(=O)NCCC(O)c2cccc(Cl)c2)c1. The van der Waals surface area contributed by atoms with Crippen LogP contribution in [-0.2, 0) is 9.59 Å². The molecule has 0 saturated heterocycles. The molecule has 5 nitrogen and oxygen atoms in total. The number of rotatable bonds is 5. The van der Waals surface area contributed by atoms with Gasteiger partial charge in [-0.25, -0.2) is 0 Å². The molecule has 2 amide bonds. The number of aliphatic hydroxyl groups excluding tert-OH is 1. The largest absolute Gasteiger partial charge is 0.388 e. The zero-order chi connectivity index (χ0) is 17.5. The van der Waals surface area contributed by atoms with Gasteiger partial charge in [-0.3, -0.25) is 9.59 Å². The summed E-state index contributed by atoms with van der Waals surface area (Å²) in [6, 6.07) is 14.1. The number of halogens is 1. The molecule has 0 aliphatic carbocycles. The third-order valence-electron chi connectivity index (χ3n) is 3.42. The van der Waals surface area contributed by atoms with Crippen LogP contribution in [0.5, 0.6) is 0 Å². The summed E-state index contributed by atoms with van der Waals surface area (Å²) >= 11 is 5.87. The lowest BCUT2D eigenvalue weighted by molar-refractivity contribution is -0.136. The average molecular weight is 347 g/mol. The second-order valence-electron chi connectivity index (χ2n) is 5.44. The Bertz CT molecular complexity index is 734. The van der Waals surface area contributed by atoms with Gasteiger partial charge in [0.15, 0.2) is 0 Å². The van der Waals surface area contributed by atoms with Crippen molar-refractivity contribution in [3.05, 3.63) is 64.7 Å². The van der Waals surface area contributed by atoms with Gasteiger partial charge in [-0.1, -0.05) is 35.9 Å². The lowest BCUT2D eigenvalue weighted by atomic mass is 10.1. The van der Waals surface area contributed by atoms with Gasteiger partial charge in [-0.15, -0.1) is 0 Å². The first-order chi connectivity index (χ1) is 11.5. The number of hydrogen-bond donors (Lipinski definition) is 3. The number of aryl methyl sites for hydroxylation is 1. The Kier molecular flexibility index (Phi) is 6.35. The van der Waals surface area contributed by atoms with Crippen LogP contribution in [0.15, 0.2) is 48.5 Å². The summed E-state index contributed by atoms with van der Waals surface area (Å²) in [5.41, 5.74) is 2.22. The Morgan fingerprint density at radius 2 is 1.88 bits per heavy atom. The Morgan fingerprint density at radius 3 is 2.58 bits per heavy atom. The zero-order valence-electron chi connectivity index (χ0n) is 13.3. The van der Waals surface area contributed by atoms with Crippen LogP contribution in [0.1, 0.15) is 23.7 Å². The Morgan fingerprint density at radius 1 is 1.12 bits per heavy atom. The van der Waals surface area contributed by atoms with Crippen molar-refractivity contribution in [2.45, 2.75) is 19.4 Å². The number of carbonyl (C=O) groups is 2. The van der Waals surface area contributed by atoms with Gasteiger partial charge in [0.2, 0.25) is 0 Å². The summed E-state index contributed by atoms with van der Waals surface area (Å²) in [5.74, 6) is -1.48. The minimum absolute atomic E-state index is 0.174. The highest BCUT2D eigenvalue weighted by molar-refractivity contribution is 6.39. The van der Waals surface area contributed by atoms with Gasteiger partial charge < -0.3 is 15.7 Å². The van der Waals surface area contributed by atoms with E-state index in [0.29, 0.717) is 16.3 Å². The van der Waals surface area contributed by atoms with E-state index in [0.717, 1.165) is 5.56 Å². The normalized spacial score (nSPS) is 11.6. The molecule has 0 aliphatic heterocycles. The van der Waals surface area contributed by atoms with E-state index >= 15 is 0 Å². The molecule has 0 bridgehead atoms. The van der Waals surface area contributed by atoms with E-state index in [1.807, 2.05) is 13.0 Å². The van der Waals surface area contributed by atoms with Crippen LogP contribution in [-0.4, -0.2) is 23.5 Å². The van der Waals surface area contributed by atoms with Gasteiger partial charge in [-0.2, -0.15) is 0 Å². The lowest BCUT2D eigenvalue weighted by Gasteiger charge is -2.12. The number of anilines is 1. The molecular formula is C18H19ClN2O3. The molecule has 0 aromatic heterocycles. The van der Waals surface area contributed by atoms with E-state index < -0.39 is 17.9 Å². The summed E-state index contributed by atoms with van der Waals surface area (Å²) in [4.78, 5) is 23.6. The van der Waals surface area contributed by atoms with Crippen LogP contribution in [0.2, 0.25) is 5.02 Å². The average Bonchev–Trinajstić information content (AvgIpc) is 2.54. The molecule has 1 atom stereocenters. The van der Waals surface area contributed by atoms with Gasteiger partial charge in [0.25, 0.3) is 0 Å². The molecule has 2 rings (SSSR count). The molecule has 0 aliphatic rings. The number of benzene rings is 2. The molecular weight excluding hydrogens is 328 g/mol. The van der Waals surface area contributed by atoms with Crippen molar-refractivity contribution in [1.82, 2.24) is 5.32 Å². The Balaban J connectivity index is 1.79. The number of aliphatic hydroxyl groups is 1. The third-order valence-corrected chi connectivity index (χ3v) is 3.65. The van der Waals surface area contributed by atoms with Gasteiger partial charge in [0, 0.05) is 17.3 Å². The van der Waals surface area contributed by atoms with Crippen LogP contribution in [0.4, 0.5) is 5.69 Å². The zero-order valence-corrected chi connectivity index (χ0v) is 14.0. The first-order valence-electron chi connectivity index (χ1n) is 7.55. The van der Waals surface area contributed by atoms with Crippen molar-refractivity contribution in [2.24, 2.45) is 0 Å². The van der Waals surface area contributed by atoms with Crippen molar-refractivity contribution >= 4 is 29.1 Å². The fourth-order valence-electron chi connectivity index (χ4n) is 2.19. The molecule has 0 radical (unpaired) electrons. The van der Waals surface area contributed by atoms with E-state index in [1.165, 1.54) is 0 Å². The van der Waals surface area contributed by atoms with Crippen LogP contribution < -0.4 is 10.6 Å². The van der Waals surface area contributed by atoms with Gasteiger partial charge in [-0.05, 0) is 48.7 Å². The first-order valence-corrected chi connectivity index (χ1v) is 7.93. The van der Waals surface area contributed by atoms with Crippen molar-refractivity contribution in [2.75, 3.05) is 11.9 Å². The minimum Gasteiger partial charge on any atom is -0.388 e. The topological polar surface area (TPSA) is 78.4 Å². The maximum Gasteiger partial charge on any atom is 0.313 e. The fourth-order valence-corrected chi connectivity index (χ4v) is 2.39. The smallest absolute Gasteiger partial charge is 0.313 e. The molecule has 0 saturated carbocycles. The highest BCUT2D eigenvalue weighted by Gasteiger charge is 2.14. The summed E-state index contributed by atoms with van der Waals surface area (Å²) in [7, 11) is 0. The van der Waals surface area contributed by atoms with E-state index in [2.05, 4.69) is 10.6 Å². The molecule has 0 fully saturated rings. The maximum atomic E-state index is 11.8. The second-order valence-corrected chi connectivity index (χ2v) is 5.88. The second kappa shape index (κ2) is 8.47. The molecule has 2 aromatic rings. The Labute approximate surface area is 145 Å². The summed E-state index contributed by atoms with van der Waals surface area (Å²) in [6.45, 7) is 2.07. The third kappa shape index (κ3) is 5.37. The number of carbonyl (C=O) groups excluding carboxylic acids is 2. The monoisotopic (exact) mass is 346 g/mol. The van der Waals surface area contributed by atoms with Gasteiger partial charge >= 0.3 is 11.8 Å². The summed E-state index contributed by atoms with van der Waals surface area (Å²) < 4.78 is 0. The van der Waals surface area contributed by atoms with E-state index in [-0.39, 0.29) is 13.0 Å². The van der Waals surface area contributed by atoms with Gasteiger partial charge in [0.1, 0.15) is 0 Å². The first kappa shape index (κ1) is 18.0. The minimum atomic E-state index is -0.760. The van der Waals surface area contributed by atoms with Crippen molar-refractivity contribution < 1.29 is 14.7 Å². The van der Waals surface area contributed by atoms with Gasteiger partial charge in [0.05, 0.1) is 6.10 Å². The number of hydrogen-bond acceptors (Lipinski definition) is 3. The maximum absolute atomic E-state index is 11.8. The van der Waals surface area contributed by atoms with E-state index in [9.17, 15) is 14.7 Å². The highest BCUT2D eigenvalue weighted by Crippen LogP contribution is 2.19. The highest BCUT2D eigenvalue weighted by atomic mass is 35.5. The Hall–Kier alpha value is -2.37. The molecule has 126 valence electrons. The quantitative estimate of drug-likeness (QED) is 0.728. The molecule has 24 heavy (non-hydrogen) atoms. The van der Waals surface area contributed by atoms with Crippen molar-refractivity contribution in [3.63, 3.8) is 0 Å². The molecule has 3 N–H and O–H groups in total. The van der Waals surface area contributed by atoms with E-state index in [4.69, 9.17) is 11.6 Å². The number of amides is 2. The standard InChI is InChI=1S/C18H19ClN2O3/c1-12-4-2-7-15(10-12)21-18(24)17(23)20-9-8-16(22)13-5-3-6-14(19)11-13/h2-7,10-11,16,22H,8-9H2,1H3,(H,20,23)(H,21,24). The van der Waals surface area contributed by atoms with Crippen LogP contribution in [0.3, 0.4) is 0 Å². The predicted octanol–water partition coefficient (Wildman–Crippen LogP) is 2.83. The molecule has 2 aromatic carbocycles. The van der Waals surface area contributed by atoms with Crippen molar-refractivity contribution in [1.29, 1.82) is 0 Å². The van der Waals surface area contributed by atoms with E-state index in [1.54, 1.807) is 42.5 Å². The molecule has 0 heterocycles. The number of nitrogens with one attached hydrogen (secondary N) is 2. The van der Waals surface area contributed by atoms with Crippen LogP contribution in [0.25, 0.3) is 0 Å². The summed E-state index contributed by atoms with van der Waals surface area (Å²) in [5, 5.41) is 15.6. The van der Waals surface area contributed by atoms with Crippen molar-refractivity contribution in [3.8, 4) is 0 Å². The lowest BCUT2D eigenvalue weighted by Crippen LogP contribution is -2.36.